The summed E-state index contributed by atoms with van der Waals surface area (Å²) in [6.07, 6.45) is 2.01. The van der Waals surface area contributed by atoms with Gasteiger partial charge in [0.05, 0.1) is 0 Å². The fraction of sp³-hybridized carbons (Fsp3) is 0.538. The number of nitrogens with two attached hydrogens (primary N) is 1. The summed E-state index contributed by atoms with van der Waals surface area (Å²) in [5.74, 6) is -1.09. The predicted molar refractivity (Wildman–Crippen MR) is 60.3 cm³/mol. The van der Waals surface area contributed by atoms with Crippen molar-refractivity contribution in [1.29, 1.82) is 0 Å². The number of rotatable bonds is 2. The fourth-order valence-electron chi connectivity index (χ4n) is 2.54. The highest BCUT2D eigenvalue weighted by atomic mass is 19.1. The van der Waals surface area contributed by atoms with Crippen LogP contribution < -0.4 is 5.73 Å². The lowest BCUT2D eigenvalue weighted by Crippen LogP contribution is -2.39. The Labute approximate surface area is 98.8 Å². The van der Waals surface area contributed by atoms with Crippen molar-refractivity contribution >= 4 is 0 Å². The van der Waals surface area contributed by atoms with Gasteiger partial charge in [0.2, 0.25) is 0 Å². The molecule has 2 rings (SSSR count). The molecular formula is C13H16F3N. The third-order valence-corrected chi connectivity index (χ3v) is 3.34. The molecule has 2 atom stereocenters. The molecule has 0 heterocycles. The van der Waals surface area contributed by atoms with E-state index in [1.807, 2.05) is 0 Å². The zero-order valence-electron chi connectivity index (χ0n) is 9.56. The van der Waals surface area contributed by atoms with Gasteiger partial charge in [-0.3, -0.25) is 0 Å². The van der Waals surface area contributed by atoms with E-state index in [0.717, 1.165) is 24.6 Å². The van der Waals surface area contributed by atoms with Crippen molar-refractivity contribution < 1.29 is 13.2 Å². The van der Waals surface area contributed by atoms with Crippen molar-refractivity contribution in [2.24, 2.45) is 5.73 Å². The highest BCUT2D eigenvalue weighted by molar-refractivity contribution is 5.21. The Morgan fingerprint density at radius 2 is 2.12 bits per heavy atom. The monoisotopic (exact) mass is 243 g/mol. The van der Waals surface area contributed by atoms with Crippen LogP contribution in [0.1, 0.15) is 31.2 Å². The lowest BCUT2D eigenvalue weighted by molar-refractivity contribution is 0.0954. The molecular weight excluding hydrogens is 227 g/mol. The second kappa shape index (κ2) is 4.69. The topological polar surface area (TPSA) is 26.0 Å². The normalized spacial score (nSPS) is 29.3. The summed E-state index contributed by atoms with van der Waals surface area (Å²) in [5, 5.41) is 0. The number of halogens is 3. The Morgan fingerprint density at radius 3 is 2.82 bits per heavy atom. The van der Waals surface area contributed by atoms with Gasteiger partial charge in [0, 0.05) is 12.5 Å². The molecule has 1 aromatic carbocycles. The van der Waals surface area contributed by atoms with Crippen LogP contribution in [0.15, 0.2) is 18.2 Å². The molecule has 17 heavy (non-hydrogen) atoms. The van der Waals surface area contributed by atoms with Crippen LogP contribution in [0.2, 0.25) is 0 Å². The van der Waals surface area contributed by atoms with Crippen LogP contribution in [0.25, 0.3) is 0 Å². The maximum atomic E-state index is 14.5. The molecule has 0 saturated heterocycles. The van der Waals surface area contributed by atoms with Gasteiger partial charge in [-0.15, -0.1) is 0 Å². The van der Waals surface area contributed by atoms with Crippen molar-refractivity contribution in [1.82, 2.24) is 0 Å². The standard InChI is InChI=1S/C13H16F3N/c14-10-3-4-12(15)9(6-10)7-13(16)5-1-2-11(17)8-13/h3-4,6,11H,1-2,5,7-8,17H2. The SMILES string of the molecule is NC1CCCC(F)(Cc2cc(F)ccc2F)C1. The first-order valence-corrected chi connectivity index (χ1v) is 5.87. The maximum Gasteiger partial charge on any atom is 0.126 e. The molecule has 94 valence electrons. The lowest BCUT2D eigenvalue weighted by atomic mass is 9.80. The van der Waals surface area contributed by atoms with Crippen LogP contribution in [0.4, 0.5) is 13.2 Å². The van der Waals surface area contributed by atoms with Gasteiger partial charge in [-0.1, -0.05) is 0 Å². The smallest absolute Gasteiger partial charge is 0.126 e. The highest BCUT2D eigenvalue weighted by Gasteiger charge is 2.35. The Bertz CT molecular complexity index is 408. The van der Waals surface area contributed by atoms with E-state index in [0.29, 0.717) is 12.8 Å². The summed E-state index contributed by atoms with van der Waals surface area (Å²) in [5.41, 5.74) is 4.33. The molecule has 1 aromatic rings. The second-order valence-electron chi connectivity index (χ2n) is 4.92. The third-order valence-electron chi connectivity index (χ3n) is 3.34. The van der Waals surface area contributed by atoms with E-state index in [-0.39, 0.29) is 24.4 Å². The van der Waals surface area contributed by atoms with E-state index in [2.05, 4.69) is 0 Å². The summed E-state index contributed by atoms with van der Waals surface area (Å²) in [7, 11) is 0. The first kappa shape index (κ1) is 12.4. The number of benzene rings is 1. The van der Waals surface area contributed by atoms with Crippen LogP contribution in [-0.4, -0.2) is 11.7 Å². The lowest BCUT2D eigenvalue weighted by Gasteiger charge is -2.33. The van der Waals surface area contributed by atoms with Crippen molar-refractivity contribution in [3.05, 3.63) is 35.4 Å². The average molecular weight is 243 g/mol. The van der Waals surface area contributed by atoms with Crippen LogP contribution in [0, 0.1) is 11.6 Å². The average Bonchev–Trinajstić information content (AvgIpc) is 2.22. The molecule has 2 N–H and O–H groups in total. The number of hydrogen-bond donors (Lipinski definition) is 1. The number of hydrogen-bond acceptors (Lipinski definition) is 1. The van der Waals surface area contributed by atoms with E-state index in [1.165, 1.54) is 0 Å². The molecule has 0 spiro atoms. The molecule has 0 amide bonds. The van der Waals surface area contributed by atoms with Crippen LogP contribution in [0.3, 0.4) is 0 Å². The minimum atomic E-state index is -1.49. The van der Waals surface area contributed by atoms with Gasteiger partial charge in [-0.05, 0) is 49.4 Å². The first-order valence-electron chi connectivity index (χ1n) is 5.87. The largest absolute Gasteiger partial charge is 0.328 e. The van der Waals surface area contributed by atoms with E-state index >= 15 is 0 Å². The minimum Gasteiger partial charge on any atom is -0.328 e. The molecule has 0 aliphatic heterocycles. The van der Waals surface area contributed by atoms with Crippen molar-refractivity contribution in [2.75, 3.05) is 0 Å². The Balaban J connectivity index is 2.16. The van der Waals surface area contributed by atoms with E-state index < -0.39 is 17.3 Å². The van der Waals surface area contributed by atoms with Gasteiger partial charge in [0.1, 0.15) is 17.3 Å². The molecule has 1 saturated carbocycles. The summed E-state index contributed by atoms with van der Waals surface area (Å²) in [6, 6.07) is 2.97. The van der Waals surface area contributed by atoms with Gasteiger partial charge in [-0.2, -0.15) is 0 Å². The van der Waals surface area contributed by atoms with E-state index in [4.69, 9.17) is 5.73 Å². The molecule has 0 bridgehead atoms. The van der Waals surface area contributed by atoms with Crippen molar-refractivity contribution in [2.45, 2.75) is 43.8 Å². The van der Waals surface area contributed by atoms with Crippen molar-refractivity contribution in [3.63, 3.8) is 0 Å². The summed E-state index contributed by atoms with van der Waals surface area (Å²) >= 11 is 0. The van der Waals surface area contributed by atoms with E-state index in [9.17, 15) is 13.2 Å². The summed E-state index contributed by atoms with van der Waals surface area (Å²) < 4.78 is 40.9. The summed E-state index contributed by atoms with van der Waals surface area (Å²) in [6.45, 7) is 0. The predicted octanol–water partition coefficient (Wildman–Crippen LogP) is 3.12. The Kier molecular flexibility index (Phi) is 3.43. The van der Waals surface area contributed by atoms with Gasteiger partial charge in [0.25, 0.3) is 0 Å². The maximum absolute atomic E-state index is 14.5. The van der Waals surface area contributed by atoms with Gasteiger partial charge in [-0.25, -0.2) is 13.2 Å². The molecule has 1 aliphatic carbocycles. The molecule has 1 aliphatic rings. The second-order valence-corrected chi connectivity index (χ2v) is 4.92. The third kappa shape index (κ3) is 3.00. The molecule has 0 aromatic heterocycles. The highest BCUT2D eigenvalue weighted by Crippen LogP contribution is 2.34. The van der Waals surface area contributed by atoms with Crippen LogP contribution >= 0.6 is 0 Å². The van der Waals surface area contributed by atoms with Crippen LogP contribution in [-0.2, 0) is 6.42 Å². The van der Waals surface area contributed by atoms with E-state index in [1.54, 1.807) is 0 Å². The van der Waals surface area contributed by atoms with Crippen molar-refractivity contribution in [3.8, 4) is 0 Å². The molecule has 0 radical (unpaired) electrons. The molecule has 1 fully saturated rings. The zero-order chi connectivity index (χ0) is 12.5. The summed E-state index contributed by atoms with van der Waals surface area (Å²) in [4.78, 5) is 0. The first-order chi connectivity index (χ1) is 7.98. The quantitative estimate of drug-likeness (QED) is 0.848. The minimum absolute atomic E-state index is 0.0930. The Morgan fingerprint density at radius 1 is 1.35 bits per heavy atom. The van der Waals surface area contributed by atoms with Gasteiger partial charge in [0.15, 0.2) is 0 Å². The molecule has 2 unspecified atom stereocenters. The van der Waals surface area contributed by atoms with Gasteiger partial charge < -0.3 is 5.73 Å². The molecule has 1 nitrogen and oxygen atoms in total. The molecule has 4 heteroatoms. The van der Waals surface area contributed by atoms with Crippen LogP contribution in [0.5, 0.6) is 0 Å². The van der Waals surface area contributed by atoms with Gasteiger partial charge >= 0.3 is 0 Å². The zero-order valence-corrected chi connectivity index (χ0v) is 9.56. The number of alkyl halides is 1. The fourth-order valence-corrected chi connectivity index (χ4v) is 2.54. The Hall–Kier alpha value is -1.03.